The smallest absolute Gasteiger partial charge is 0.243 e. The summed E-state index contributed by atoms with van der Waals surface area (Å²) in [5.74, 6) is 0. The lowest BCUT2D eigenvalue weighted by Crippen LogP contribution is -2.66. The Labute approximate surface area is 112 Å². The molecule has 1 aromatic carbocycles. The van der Waals surface area contributed by atoms with E-state index in [9.17, 15) is 8.42 Å². The Balaban J connectivity index is 2.10. The van der Waals surface area contributed by atoms with Gasteiger partial charge < -0.3 is 5.73 Å². The normalized spacial score (nSPS) is 19.3. The molecule has 2 N–H and O–H groups in total. The maximum Gasteiger partial charge on any atom is 0.243 e. The number of nitrogens with zero attached hydrogens (tertiary/aromatic N) is 2. The van der Waals surface area contributed by atoms with Gasteiger partial charge in [-0.2, -0.15) is 4.31 Å². The molecule has 0 unspecified atom stereocenters. The standard InChI is InChI=1S/C13H15N3O2S/c1-13(14)8-16(9-13)19(17,18)12-6-2-5-11-10(12)4-3-7-15-11/h2-7H,8-9,14H2,1H3. The Morgan fingerprint density at radius 2 is 2.00 bits per heavy atom. The van der Waals surface area contributed by atoms with Crippen LogP contribution in [0, 0.1) is 0 Å². The number of nitrogens with two attached hydrogens (primary N) is 1. The van der Waals surface area contributed by atoms with Crippen molar-refractivity contribution in [3.63, 3.8) is 0 Å². The van der Waals surface area contributed by atoms with Crippen LogP contribution in [-0.4, -0.2) is 36.3 Å². The molecule has 1 aliphatic heterocycles. The summed E-state index contributed by atoms with van der Waals surface area (Å²) < 4.78 is 26.5. The third kappa shape index (κ3) is 2.01. The van der Waals surface area contributed by atoms with Crippen molar-refractivity contribution < 1.29 is 8.42 Å². The molecule has 1 saturated heterocycles. The van der Waals surface area contributed by atoms with Crippen molar-refractivity contribution in [2.45, 2.75) is 17.4 Å². The second-order valence-electron chi connectivity index (χ2n) is 5.25. The highest BCUT2D eigenvalue weighted by Gasteiger charge is 2.42. The number of sulfonamides is 1. The summed E-state index contributed by atoms with van der Waals surface area (Å²) in [6.07, 6.45) is 1.65. The van der Waals surface area contributed by atoms with Gasteiger partial charge in [-0.05, 0) is 31.2 Å². The molecule has 0 saturated carbocycles. The minimum atomic E-state index is -3.49. The molecule has 0 radical (unpaired) electrons. The summed E-state index contributed by atoms with van der Waals surface area (Å²) in [7, 11) is -3.49. The van der Waals surface area contributed by atoms with E-state index in [1.165, 1.54) is 4.31 Å². The first kappa shape index (κ1) is 12.5. The third-order valence-corrected chi connectivity index (χ3v) is 5.15. The second-order valence-corrected chi connectivity index (χ2v) is 7.16. The predicted molar refractivity (Wildman–Crippen MR) is 73.1 cm³/mol. The first-order valence-corrected chi connectivity index (χ1v) is 7.47. The van der Waals surface area contributed by atoms with Crippen LogP contribution >= 0.6 is 0 Å². The molecule has 0 bridgehead atoms. The van der Waals surface area contributed by atoms with Gasteiger partial charge in [0.2, 0.25) is 10.0 Å². The zero-order valence-corrected chi connectivity index (χ0v) is 11.4. The van der Waals surface area contributed by atoms with Gasteiger partial charge in [0.05, 0.1) is 10.4 Å². The fourth-order valence-corrected chi connectivity index (χ4v) is 4.28. The minimum absolute atomic E-state index is 0.300. The summed E-state index contributed by atoms with van der Waals surface area (Å²) in [5, 5.41) is 0.649. The van der Waals surface area contributed by atoms with E-state index in [0.29, 0.717) is 28.9 Å². The van der Waals surface area contributed by atoms with E-state index in [2.05, 4.69) is 4.98 Å². The molecule has 1 aromatic heterocycles. The number of benzene rings is 1. The van der Waals surface area contributed by atoms with E-state index in [-0.39, 0.29) is 0 Å². The van der Waals surface area contributed by atoms with Crippen molar-refractivity contribution >= 4 is 20.9 Å². The fourth-order valence-electron chi connectivity index (χ4n) is 2.37. The van der Waals surface area contributed by atoms with Crippen LogP contribution in [0.3, 0.4) is 0 Å². The molecule has 1 aliphatic rings. The number of hydrogen-bond acceptors (Lipinski definition) is 4. The Morgan fingerprint density at radius 3 is 2.68 bits per heavy atom. The van der Waals surface area contributed by atoms with E-state index in [4.69, 9.17) is 5.73 Å². The average molecular weight is 277 g/mol. The van der Waals surface area contributed by atoms with Crippen LogP contribution in [0.25, 0.3) is 10.9 Å². The van der Waals surface area contributed by atoms with Crippen LogP contribution in [0.5, 0.6) is 0 Å². The van der Waals surface area contributed by atoms with Crippen molar-refractivity contribution in [3.8, 4) is 0 Å². The third-order valence-electron chi connectivity index (χ3n) is 3.30. The zero-order valence-electron chi connectivity index (χ0n) is 10.6. The maximum absolute atomic E-state index is 12.6. The number of pyridine rings is 1. The molecule has 0 atom stereocenters. The van der Waals surface area contributed by atoms with Crippen LogP contribution in [0.4, 0.5) is 0 Å². The summed E-state index contributed by atoms with van der Waals surface area (Å²) in [6, 6.07) is 8.65. The zero-order chi connectivity index (χ0) is 13.7. The summed E-state index contributed by atoms with van der Waals surface area (Å²) in [6.45, 7) is 2.56. The Morgan fingerprint density at radius 1 is 1.26 bits per heavy atom. The van der Waals surface area contributed by atoms with Crippen molar-refractivity contribution in [3.05, 3.63) is 36.5 Å². The van der Waals surface area contributed by atoms with E-state index in [1.807, 2.05) is 6.92 Å². The molecule has 3 rings (SSSR count). The maximum atomic E-state index is 12.6. The average Bonchev–Trinajstić information content (AvgIpc) is 2.35. The summed E-state index contributed by atoms with van der Waals surface area (Å²) >= 11 is 0. The molecule has 100 valence electrons. The quantitative estimate of drug-likeness (QED) is 0.887. The molecule has 6 heteroatoms. The van der Waals surface area contributed by atoms with Crippen molar-refractivity contribution in [1.82, 2.24) is 9.29 Å². The van der Waals surface area contributed by atoms with Crippen LogP contribution in [0.15, 0.2) is 41.4 Å². The number of fused-ring (bicyclic) bond motifs is 1. The van der Waals surface area contributed by atoms with Gasteiger partial charge >= 0.3 is 0 Å². The fraction of sp³-hybridized carbons (Fsp3) is 0.308. The minimum Gasteiger partial charge on any atom is -0.323 e. The number of rotatable bonds is 2. The van der Waals surface area contributed by atoms with Crippen molar-refractivity contribution in [1.29, 1.82) is 0 Å². The Hall–Kier alpha value is -1.50. The van der Waals surface area contributed by atoms with E-state index in [0.717, 1.165) is 0 Å². The largest absolute Gasteiger partial charge is 0.323 e. The molecule has 19 heavy (non-hydrogen) atoms. The van der Waals surface area contributed by atoms with Crippen molar-refractivity contribution in [2.24, 2.45) is 5.73 Å². The number of hydrogen-bond donors (Lipinski definition) is 1. The van der Waals surface area contributed by atoms with Crippen LogP contribution in [-0.2, 0) is 10.0 Å². The van der Waals surface area contributed by atoms with Crippen LogP contribution < -0.4 is 5.73 Å². The lowest BCUT2D eigenvalue weighted by Gasteiger charge is -2.44. The number of aromatic nitrogens is 1. The summed E-state index contributed by atoms with van der Waals surface area (Å²) in [5.41, 5.74) is 6.14. The van der Waals surface area contributed by atoms with Crippen molar-refractivity contribution in [2.75, 3.05) is 13.1 Å². The van der Waals surface area contributed by atoms with Gasteiger partial charge in [0.1, 0.15) is 0 Å². The highest BCUT2D eigenvalue weighted by Crippen LogP contribution is 2.29. The topological polar surface area (TPSA) is 76.3 Å². The summed E-state index contributed by atoms with van der Waals surface area (Å²) in [4.78, 5) is 4.48. The van der Waals surface area contributed by atoms with Crippen LogP contribution in [0.1, 0.15) is 6.92 Å². The molecular weight excluding hydrogens is 262 g/mol. The first-order chi connectivity index (χ1) is 8.90. The van der Waals surface area contributed by atoms with E-state index in [1.54, 1.807) is 36.5 Å². The van der Waals surface area contributed by atoms with Gasteiger partial charge in [0.25, 0.3) is 0 Å². The Kier molecular flexibility index (Phi) is 2.63. The SMILES string of the molecule is CC1(N)CN(S(=O)(=O)c2cccc3ncccc23)C1. The first-order valence-electron chi connectivity index (χ1n) is 6.03. The lowest BCUT2D eigenvalue weighted by atomic mass is 9.97. The lowest BCUT2D eigenvalue weighted by molar-refractivity contribution is 0.176. The van der Waals surface area contributed by atoms with Gasteiger partial charge in [0.15, 0.2) is 0 Å². The van der Waals surface area contributed by atoms with Crippen LogP contribution in [0.2, 0.25) is 0 Å². The highest BCUT2D eigenvalue weighted by atomic mass is 32.2. The molecule has 5 nitrogen and oxygen atoms in total. The monoisotopic (exact) mass is 277 g/mol. The molecule has 0 amide bonds. The van der Waals surface area contributed by atoms with E-state index >= 15 is 0 Å². The molecule has 0 spiro atoms. The van der Waals surface area contributed by atoms with Gasteiger partial charge in [0, 0.05) is 30.2 Å². The van der Waals surface area contributed by atoms with Gasteiger partial charge in [-0.1, -0.05) is 6.07 Å². The molecule has 2 heterocycles. The second kappa shape index (κ2) is 4.00. The Bertz CT molecular complexity index is 727. The molecular formula is C13H15N3O2S. The van der Waals surface area contributed by atoms with Gasteiger partial charge in [-0.25, -0.2) is 8.42 Å². The van der Waals surface area contributed by atoms with Gasteiger partial charge in [-0.3, -0.25) is 4.98 Å². The molecule has 1 fully saturated rings. The predicted octanol–water partition coefficient (Wildman–Crippen LogP) is 0.956. The molecule has 0 aliphatic carbocycles. The van der Waals surface area contributed by atoms with E-state index < -0.39 is 15.6 Å². The van der Waals surface area contributed by atoms with Gasteiger partial charge in [-0.15, -0.1) is 0 Å². The molecule has 2 aromatic rings. The highest BCUT2D eigenvalue weighted by molar-refractivity contribution is 7.89.